The largest absolute Gasteiger partial charge is 0.868 e. The molecular formula is C28H27N3O7. The highest BCUT2D eigenvalue weighted by molar-refractivity contribution is 6.16. The average Bonchev–Trinajstić information content (AvgIpc) is 3.67. The minimum Gasteiger partial charge on any atom is -0.868 e. The number of aromatic amines is 1. The van der Waals surface area contributed by atoms with Crippen molar-refractivity contribution < 1.29 is 37.9 Å². The predicted octanol–water partition coefficient (Wildman–Crippen LogP) is 2.55. The molecule has 1 aliphatic rings. The van der Waals surface area contributed by atoms with Crippen LogP contribution in [0.25, 0.3) is 11.0 Å². The first kappa shape index (κ1) is 24.9. The van der Waals surface area contributed by atoms with Gasteiger partial charge < -0.3 is 28.6 Å². The van der Waals surface area contributed by atoms with E-state index in [4.69, 9.17) is 18.6 Å². The number of carbonyl (C=O) groups excluding carboxylic acids is 2. The number of fused-ring (bicyclic) bond motifs is 1. The third-order valence-corrected chi connectivity index (χ3v) is 6.62. The summed E-state index contributed by atoms with van der Waals surface area (Å²) < 4.78 is 23.9. The van der Waals surface area contributed by atoms with Gasteiger partial charge in [-0.1, -0.05) is 18.2 Å². The van der Waals surface area contributed by atoms with Crippen LogP contribution in [0.4, 0.5) is 0 Å². The summed E-state index contributed by atoms with van der Waals surface area (Å²) in [5, 5.41) is 14.0. The van der Waals surface area contributed by atoms with E-state index in [1.165, 1.54) is 26.2 Å². The van der Waals surface area contributed by atoms with Crippen LogP contribution in [-0.2, 0) is 11.3 Å². The maximum atomic E-state index is 13.8. The number of nitrogens with zero attached hydrogens (tertiary/aromatic N) is 2. The van der Waals surface area contributed by atoms with Crippen molar-refractivity contribution in [2.75, 3.05) is 27.9 Å². The number of hydrogen-bond acceptors (Lipinski definition) is 7. The first-order chi connectivity index (χ1) is 18.5. The van der Waals surface area contributed by atoms with Gasteiger partial charge in [-0.2, -0.15) is 0 Å². The molecule has 4 aromatic rings. The zero-order chi connectivity index (χ0) is 26.8. The number of aromatic nitrogens is 2. The van der Waals surface area contributed by atoms with Crippen LogP contribution >= 0.6 is 0 Å². The lowest BCUT2D eigenvalue weighted by Gasteiger charge is -2.28. The lowest BCUT2D eigenvalue weighted by atomic mass is 9.94. The van der Waals surface area contributed by atoms with Gasteiger partial charge in [0.25, 0.3) is 0 Å². The van der Waals surface area contributed by atoms with Gasteiger partial charge in [-0.05, 0) is 35.6 Å². The maximum Gasteiger partial charge on any atom is 0.241 e. The molecule has 0 fully saturated rings. The Morgan fingerprint density at radius 3 is 2.58 bits per heavy atom. The molecule has 0 radical (unpaired) electrons. The Morgan fingerprint density at radius 1 is 1.08 bits per heavy atom. The summed E-state index contributed by atoms with van der Waals surface area (Å²) in [6.07, 6.45) is 6.04. The quantitative estimate of drug-likeness (QED) is 0.254. The van der Waals surface area contributed by atoms with Crippen molar-refractivity contribution in [2.45, 2.75) is 19.0 Å². The van der Waals surface area contributed by atoms with Gasteiger partial charge in [0.1, 0.15) is 12.4 Å². The van der Waals surface area contributed by atoms with E-state index in [-0.39, 0.29) is 17.9 Å². The molecule has 3 heterocycles. The third kappa shape index (κ3) is 4.34. The highest BCUT2D eigenvalue weighted by atomic mass is 16.5. The Labute approximate surface area is 218 Å². The second kappa shape index (κ2) is 10.3. The van der Waals surface area contributed by atoms with E-state index >= 15 is 0 Å². The Hall–Kier alpha value is -4.73. The smallest absolute Gasteiger partial charge is 0.241 e. The first-order valence-corrected chi connectivity index (χ1v) is 12.0. The molecule has 1 amide bonds. The molecule has 38 heavy (non-hydrogen) atoms. The SMILES string of the molecule is COc1ccc(C2C(C(=O)c3cc4cccc(OC)c4o3)=C([O-])C(=O)N2CCC[n+]2cc[nH]c2)cc1OC. The number of nitrogens with one attached hydrogen (secondary N) is 1. The average molecular weight is 518 g/mol. The number of benzene rings is 2. The number of methoxy groups -OCH3 is 3. The topological polar surface area (TPSA) is 121 Å². The number of ether oxygens (including phenoxy) is 3. The molecule has 2 aromatic heterocycles. The van der Waals surface area contributed by atoms with E-state index in [0.29, 0.717) is 46.7 Å². The molecule has 1 N–H and O–H groups in total. The molecule has 10 heteroatoms. The van der Waals surface area contributed by atoms with Crippen LogP contribution < -0.4 is 23.9 Å². The standard InChI is InChI=1S/C28H27N3O7/c1-35-19-9-8-17(14-21(19)37-3)24-23(25(32)22-15-18-6-4-7-20(36-2)27(18)38-22)26(33)28(34)31(24)12-5-11-30-13-10-29-16-30/h4,6-10,13-16,24H,5,11-12H2,1-3H3,(H,32,33). The van der Waals surface area contributed by atoms with Gasteiger partial charge in [0.05, 0.1) is 33.9 Å². The van der Waals surface area contributed by atoms with Crippen molar-refractivity contribution in [1.29, 1.82) is 0 Å². The Morgan fingerprint density at radius 2 is 1.87 bits per heavy atom. The molecular weight excluding hydrogens is 490 g/mol. The molecule has 10 nitrogen and oxygen atoms in total. The summed E-state index contributed by atoms with van der Waals surface area (Å²) in [4.78, 5) is 31.5. The fraction of sp³-hybridized carbons (Fsp3) is 0.250. The van der Waals surface area contributed by atoms with E-state index in [9.17, 15) is 14.7 Å². The van der Waals surface area contributed by atoms with Crippen LogP contribution in [0.3, 0.4) is 0 Å². The highest BCUT2D eigenvalue weighted by Gasteiger charge is 2.40. The molecule has 0 bridgehead atoms. The molecule has 5 rings (SSSR count). The Balaban J connectivity index is 1.55. The van der Waals surface area contributed by atoms with Crippen LogP contribution in [0.15, 0.2) is 76.9 Å². The maximum absolute atomic E-state index is 13.8. The van der Waals surface area contributed by atoms with Crippen molar-refractivity contribution in [2.24, 2.45) is 0 Å². The number of H-pyrrole nitrogens is 1. The number of hydrogen-bond donors (Lipinski definition) is 1. The minimum atomic E-state index is -0.923. The molecule has 1 atom stereocenters. The van der Waals surface area contributed by atoms with Gasteiger partial charge >= 0.3 is 0 Å². The lowest BCUT2D eigenvalue weighted by molar-refractivity contribution is -0.695. The number of amides is 1. The molecule has 1 aliphatic heterocycles. The normalized spacial score (nSPS) is 15.4. The van der Waals surface area contributed by atoms with Crippen LogP contribution in [0.2, 0.25) is 0 Å². The van der Waals surface area contributed by atoms with Gasteiger partial charge in [0.15, 0.2) is 28.6 Å². The number of Topliss-reactive ketones (excluding diaryl/α,β-unsaturated/α-hetero) is 1. The van der Waals surface area contributed by atoms with E-state index in [2.05, 4.69) is 4.98 Å². The first-order valence-electron chi connectivity index (χ1n) is 12.0. The summed E-state index contributed by atoms with van der Waals surface area (Å²) in [5.41, 5.74) is 0.765. The van der Waals surface area contributed by atoms with Gasteiger partial charge in [0, 0.05) is 23.9 Å². The molecule has 0 saturated heterocycles. The van der Waals surface area contributed by atoms with Gasteiger partial charge in [0.2, 0.25) is 18.0 Å². The van der Waals surface area contributed by atoms with Crippen molar-refractivity contribution in [3.8, 4) is 17.2 Å². The molecule has 2 aromatic carbocycles. The summed E-state index contributed by atoms with van der Waals surface area (Å²) >= 11 is 0. The number of carbonyl (C=O) groups is 2. The zero-order valence-corrected chi connectivity index (χ0v) is 21.2. The fourth-order valence-electron chi connectivity index (χ4n) is 4.80. The lowest BCUT2D eigenvalue weighted by Crippen LogP contribution is -2.37. The molecule has 0 aliphatic carbocycles. The second-order valence-corrected chi connectivity index (χ2v) is 8.78. The van der Waals surface area contributed by atoms with Crippen molar-refractivity contribution in [3.05, 3.63) is 83.8 Å². The zero-order valence-electron chi connectivity index (χ0n) is 21.2. The summed E-state index contributed by atoms with van der Waals surface area (Å²) in [7, 11) is 4.52. The van der Waals surface area contributed by atoms with Crippen LogP contribution in [0.1, 0.15) is 28.6 Å². The van der Waals surface area contributed by atoms with Crippen LogP contribution in [-0.4, -0.2) is 49.4 Å². The Kier molecular flexibility index (Phi) is 6.78. The van der Waals surface area contributed by atoms with Crippen molar-refractivity contribution in [3.63, 3.8) is 0 Å². The molecule has 1 unspecified atom stereocenters. The van der Waals surface area contributed by atoms with Gasteiger partial charge in [-0.15, -0.1) is 0 Å². The minimum absolute atomic E-state index is 0.0455. The van der Waals surface area contributed by atoms with Crippen LogP contribution in [0, 0.1) is 0 Å². The number of imidazole rings is 1. The van der Waals surface area contributed by atoms with E-state index < -0.39 is 23.5 Å². The molecule has 0 saturated carbocycles. The monoisotopic (exact) mass is 517 g/mol. The summed E-state index contributed by atoms with van der Waals surface area (Å²) in [6, 6.07) is 11.0. The number of aryl methyl sites for hydroxylation is 1. The number of para-hydroxylation sites is 1. The molecule has 196 valence electrons. The number of ketones is 1. The third-order valence-electron chi connectivity index (χ3n) is 6.62. The van der Waals surface area contributed by atoms with Crippen molar-refractivity contribution in [1.82, 2.24) is 9.88 Å². The molecule has 0 spiro atoms. The van der Waals surface area contributed by atoms with E-state index in [0.717, 1.165) is 0 Å². The van der Waals surface area contributed by atoms with E-state index in [1.807, 2.05) is 10.8 Å². The summed E-state index contributed by atoms with van der Waals surface area (Å²) in [6.45, 7) is 0.874. The number of furan rings is 1. The summed E-state index contributed by atoms with van der Waals surface area (Å²) in [5.74, 6) is -0.919. The van der Waals surface area contributed by atoms with Gasteiger partial charge in [-0.3, -0.25) is 14.6 Å². The van der Waals surface area contributed by atoms with Crippen LogP contribution in [0.5, 0.6) is 17.2 Å². The highest BCUT2D eigenvalue weighted by Crippen LogP contribution is 2.42. The second-order valence-electron chi connectivity index (χ2n) is 8.78. The Bertz CT molecular complexity index is 1520. The predicted molar refractivity (Wildman–Crippen MR) is 134 cm³/mol. The fourth-order valence-corrected chi connectivity index (χ4v) is 4.80. The number of rotatable bonds is 10. The van der Waals surface area contributed by atoms with Gasteiger partial charge in [-0.25, -0.2) is 4.57 Å². The van der Waals surface area contributed by atoms with Crippen molar-refractivity contribution >= 4 is 22.7 Å². The van der Waals surface area contributed by atoms with E-state index in [1.54, 1.807) is 55.0 Å².